The third-order valence-electron chi connectivity index (χ3n) is 3.46. The van der Waals surface area contributed by atoms with Crippen LogP contribution in [0.15, 0.2) is 18.2 Å². The maximum atomic E-state index is 14.1. The van der Waals surface area contributed by atoms with Crippen LogP contribution in [-0.2, 0) is 11.3 Å². The van der Waals surface area contributed by atoms with Crippen molar-refractivity contribution in [3.63, 3.8) is 0 Å². The van der Waals surface area contributed by atoms with Gasteiger partial charge in [-0.2, -0.15) is 0 Å². The fraction of sp³-hybridized carbons (Fsp3) is 0.600. The normalized spacial score (nSPS) is 19.6. The lowest BCUT2D eigenvalue weighted by Gasteiger charge is -2.35. The number of hydrogen-bond acceptors (Lipinski definition) is 4. The van der Waals surface area contributed by atoms with Gasteiger partial charge in [0.15, 0.2) is 0 Å². The van der Waals surface area contributed by atoms with Crippen molar-refractivity contribution >= 4 is 5.69 Å². The van der Waals surface area contributed by atoms with E-state index in [4.69, 9.17) is 4.74 Å². The summed E-state index contributed by atoms with van der Waals surface area (Å²) in [6.07, 6.45) is -0.196. The van der Waals surface area contributed by atoms with Crippen molar-refractivity contribution < 1.29 is 14.2 Å². The number of halogens is 1. The molecular weight excluding hydrogens is 259 g/mol. The van der Waals surface area contributed by atoms with E-state index in [1.165, 1.54) is 6.07 Å². The van der Waals surface area contributed by atoms with Crippen LogP contribution in [0.25, 0.3) is 0 Å². The molecule has 0 bridgehead atoms. The first kappa shape index (κ1) is 15.2. The largest absolute Gasteiger partial charge is 0.394 e. The molecule has 1 aliphatic heterocycles. The minimum atomic E-state index is -0.196. The van der Waals surface area contributed by atoms with Gasteiger partial charge < -0.3 is 20.1 Å². The van der Waals surface area contributed by atoms with Gasteiger partial charge in [0.25, 0.3) is 0 Å². The molecule has 1 aromatic rings. The monoisotopic (exact) mass is 282 g/mol. The molecule has 1 aliphatic rings. The van der Waals surface area contributed by atoms with Gasteiger partial charge in [-0.05, 0) is 12.1 Å². The van der Waals surface area contributed by atoms with E-state index in [2.05, 4.69) is 10.2 Å². The Kier molecular flexibility index (Phi) is 5.34. The Balaban J connectivity index is 2.19. The van der Waals surface area contributed by atoms with Crippen LogP contribution in [0, 0.1) is 5.82 Å². The van der Waals surface area contributed by atoms with Crippen molar-refractivity contribution in [3.05, 3.63) is 29.6 Å². The van der Waals surface area contributed by atoms with Crippen molar-refractivity contribution in [1.29, 1.82) is 0 Å². The molecule has 5 heteroatoms. The van der Waals surface area contributed by atoms with E-state index < -0.39 is 0 Å². The van der Waals surface area contributed by atoms with E-state index in [1.807, 2.05) is 19.9 Å². The van der Waals surface area contributed by atoms with Crippen molar-refractivity contribution in [1.82, 2.24) is 5.32 Å². The first-order valence-electron chi connectivity index (χ1n) is 7.10. The summed E-state index contributed by atoms with van der Waals surface area (Å²) in [5.74, 6) is -0.192. The summed E-state index contributed by atoms with van der Waals surface area (Å²) in [6, 6.07) is 5.45. The van der Waals surface area contributed by atoms with Crippen LogP contribution in [0.3, 0.4) is 0 Å². The van der Waals surface area contributed by atoms with Gasteiger partial charge >= 0.3 is 0 Å². The molecule has 20 heavy (non-hydrogen) atoms. The molecule has 1 atom stereocenters. The quantitative estimate of drug-likeness (QED) is 0.859. The minimum absolute atomic E-state index is 0.00854. The van der Waals surface area contributed by atoms with Gasteiger partial charge in [-0.3, -0.25) is 0 Å². The lowest BCUT2D eigenvalue weighted by Crippen LogP contribution is -2.44. The molecule has 0 radical (unpaired) electrons. The third-order valence-corrected chi connectivity index (χ3v) is 3.46. The number of benzene rings is 1. The second kappa shape index (κ2) is 7.02. The zero-order valence-electron chi connectivity index (χ0n) is 12.1. The van der Waals surface area contributed by atoms with Crippen LogP contribution >= 0.6 is 0 Å². The fourth-order valence-electron chi connectivity index (χ4n) is 2.37. The number of nitrogens with one attached hydrogen (secondary N) is 1. The Hall–Kier alpha value is -1.17. The number of anilines is 1. The first-order chi connectivity index (χ1) is 9.61. The van der Waals surface area contributed by atoms with E-state index in [0.29, 0.717) is 37.8 Å². The van der Waals surface area contributed by atoms with Crippen LogP contribution in [0.4, 0.5) is 10.1 Å². The van der Waals surface area contributed by atoms with Crippen LogP contribution in [0.5, 0.6) is 0 Å². The highest BCUT2D eigenvalue weighted by Crippen LogP contribution is 2.25. The predicted molar refractivity (Wildman–Crippen MR) is 77.4 cm³/mol. The molecule has 0 aliphatic carbocycles. The molecule has 4 nitrogen and oxygen atoms in total. The SMILES string of the molecule is CC(C)NCc1c(F)cccc1N1CCOC(CO)C1. The lowest BCUT2D eigenvalue weighted by atomic mass is 10.1. The number of nitrogens with zero attached hydrogens (tertiary/aromatic N) is 1. The number of morpholine rings is 1. The minimum Gasteiger partial charge on any atom is -0.394 e. The molecule has 1 aromatic carbocycles. The zero-order valence-corrected chi connectivity index (χ0v) is 12.1. The Morgan fingerprint density at radius 3 is 3.00 bits per heavy atom. The molecule has 2 N–H and O–H groups in total. The maximum Gasteiger partial charge on any atom is 0.129 e. The number of rotatable bonds is 5. The fourth-order valence-corrected chi connectivity index (χ4v) is 2.37. The smallest absolute Gasteiger partial charge is 0.129 e. The van der Waals surface area contributed by atoms with Gasteiger partial charge in [0, 0.05) is 36.9 Å². The van der Waals surface area contributed by atoms with Crippen molar-refractivity contribution in [2.75, 3.05) is 31.2 Å². The molecule has 0 saturated carbocycles. The standard InChI is InChI=1S/C15H23FN2O2/c1-11(2)17-8-13-14(16)4-3-5-15(13)18-6-7-20-12(9-18)10-19/h3-5,11-12,17,19H,6-10H2,1-2H3. The molecule has 112 valence electrons. The summed E-state index contributed by atoms with van der Waals surface area (Å²) >= 11 is 0. The van der Waals surface area contributed by atoms with Gasteiger partial charge in [-0.1, -0.05) is 19.9 Å². The summed E-state index contributed by atoms with van der Waals surface area (Å²) in [5, 5.41) is 12.5. The van der Waals surface area contributed by atoms with Crippen LogP contribution in [-0.4, -0.2) is 43.6 Å². The molecule has 1 unspecified atom stereocenters. The highest BCUT2D eigenvalue weighted by Gasteiger charge is 2.22. The number of aliphatic hydroxyl groups excluding tert-OH is 1. The van der Waals surface area contributed by atoms with Crippen molar-refractivity contribution in [2.24, 2.45) is 0 Å². The van der Waals surface area contributed by atoms with Crippen LogP contribution in [0.2, 0.25) is 0 Å². The lowest BCUT2D eigenvalue weighted by molar-refractivity contribution is 0.00350. The van der Waals surface area contributed by atoms with Gasteiger partial charge in [0.05, 0.1) is 19.3 Å². The van der Waals surface area contributed by atoms with Crippen LogP contribution < -0.4 is 10.2 Å². The second-order valence-corrected chi connectivity index (χ2v) is 5.39. The molecule has 0 spiro atoms. The molecule has 0 amide bonds. The number of aliphatic hydroxyl groups is 1. The topological polar surface area (TPSA) is 44.7 Å². The van der Waals surface area contributed by atoms with Crippen molar-refractivity contribution in [2.45, 2.75) is 32.5 Å². The Morgan fingerprint density at radius 1 is 1.50 bits per heavy atom. The van der Waals surface area contributed by atoms with Gasteiger partial charge in [-0.15, -0.1) is 0 Å². The average Bonchev–Trinajstić information content (AvgIpc) is 2.45. The Bertz CT molecular complexity index is 440. The van der Waals surface area contributed by atoms with E-state index >= 15 is 0 Å². The molecule has 2 rings (SSSR count). The zero-order chi connectivity index (χ0) is 14.5. The van der Waals surface area contributed by atoms with Crippen LogP contribution in [0.1, 0.15) is 19.4 Å². The second-order valence-electron chi connectivity index (χ2n) is 5.39. The van der Waals surface area contributed by atoms with Gasteiger partial charge in [0.1, 0.15) is 5.82 Å². The molecule has 0 aromatic heterocycles. The Morgan fingerprint density at radius 2 is 2.30 bits per heavy atom. The van der Waals surface area contributed by atoms with E-state index in [0.717, 1.165) is 5.69 Å². The van der Waals surface area contributed by atoms with Crippen molar-refractivity contribution in [3.8, 4) is 0 Å². The Labute approximate surface area is 119 Å². The molecule has 1 fully saturated rings. The first-order valence-corrected chi connectivity index (χ1v) is 7.10. The number of ether oxygens (including phenoxy) is 1. The summed E-state index contributed by atoms with van der Waals surface area (Å²) in [5.41, 5.74) is 1.57. The van der Waals surface area contributed by atoms with E-state index in [1.54, 1.807) is 6.07 Å². The summed E-state index contributed by atoms with van der Waals surface area (Å²) in [6.45, 7) is 6.43. The molecule has 1 heterocycles. The maximum absolute atomic E-state index is 14.1. The molecular formula is C15H23FN2O2. The van der Waals surface area contributed by atoms with E-state index in [9.17, 15) is 9.50 Å². The molecule has 1 saturated heterocycles. The predicted octanol–water partition coefficient (Wildman–Crippen LogP) is 1.52. The highest BCUT2D eigenvalue weighted by atomic mass is 19.1. The van der Waals surface area contributed by atoms with E-state index in [-0.39, 0.29) is 18.5 Å². The number of hydrogen-bond donors (Lipinski definition) is 2. The highest BCUT2D eigenvalue weighted by molar-refractivity contribution is 5.54. The summed E-state index contributed by atoms with van der Waals surface area (Å²) < 4.78 is 19.5. The van der Waals surface area contributed by atoms with Gasteiger partial charge in [-0.25, -0.2) is 4.39 Å². The summed E-state index contributed by atoms with van der Waals surface area (Å²) in [4.78, 5) is 2.09. The summed E-state index contributed by atoms with van der Waals surface area (Å²) in [7, 11) is 0. The van der Waals surface area contributed by atoms with Gasteiger partial charge in [0.2, 0.25) is 0 Å². The average molecular weight is 282 g/mol. The third kappa shape index (κ3) is 3.69.